The number of amides is 5. The van der Waals surface area contributed by atoms with Gasteiger partial charge in [-0.3, -0.25) is 28.8 Å². The topological polar surface area (TPSA) is 284 Å². The molecule has 17 nitrogen and oxygen atoms in total. The zero-order valence-corrected chi connectivity index (χ0v) is 25.8. The number of nitrogens with one attached hydrogen (secondary N) is 4. The maximum Gasteiger partial charge on any atom is 0.327 e. The minimum atomic E-state index is -1.65. The number of carboxylic acids is 2. The van der Waals surface area contributed by atoms with Crippen molar-refractivity contribution in [2.75, 3.05) is 25.4 Å². The molecule has 250 valence electrons. The van der Waals surface area contributed by atoms with Crippen molar-refractivity contribution in [1.29, 1.82) is 0 Å². The Morgan fingerprint density at radius 1 is 0.886 bits per heavy atom. The van der Waals surface area contributed by atoms with Crippen molar-refractivity contribution in [3.63, 3.8) is 0 Å². The summed E-state index contributed by atoms with van der Waals surface area (Å²) in [7, 11) is 0. The monoisotopic (exact) mass is 647 g/mol. The lowest BCUT2D eigenvalue weighted by Crippen LogP contribution is -2.60. The third-order valence-electron chi connectivity index (χ3n) is 7.05. The molecule has 18 heteroatoms. The quantitative estimate of drug-likeness (QED) is 0.0483. The highest BCUT2D eigenvalue weighted by Crippen LogP contribution is 2.20. The van der Waals surface area contributed by atoms with Gasteiger partial charge in [0.25, 0.3) is 0 Å². The van der Waals surface area contributed by atoms with Crippen molar-refractivity contribution in [3.8, 4) is 0 Å². The molecule has 0 aromatic rings. The van der Waals surface area contributed by atoms with Gasteiger partial charge in [0.05, 0.1) is 19.1 Å². The number of likely N-dealkylation sites (tertiary alicyclic amines) is 1. The van der Waals surface area contributed by atoms with Gasteiger partial charge in [-0.1, -0.05) is 13.8 Å². The molecule has 11 N–H and O–H groups in total. The zero-order valence-electron chi connectivity index (χ0n) is 24.9. The lowest BCUT2D eigenvalue weighted by Gasteiger charge is -2.30. The molecule has 1 aliphatic heterocycles. The molecule has 6 atom stereocenters. The Hall–Kier alpha value is -3.48. The van der Waals surface area contributed by atoms with Gasteiger partial charge in [-0.25, -0.2) is 4.79 Å². The second-order valence-electron chi connectivity index (χ2n) is 10.8. The zero-order chi connectivity index (χ0) is 33.6. The van der Waals surface area contributed by atoms with Gasteiger partial charge >= 0.3 is 11.9 Å². The minimum absolute atomic E-state index is 0.111. The van der Waals surface area contributed by atoms with Crippen molar-refractivity contribution >= 4 is 54.1 Å². The number of unbranched alkanes of at least 4 members (excludes halogenated alkanes) is 1. The molecule has 1 fully saturated rings. The Kier molecular flexibility index (Phi) is 16.7. The van der Waals surface area contributed by atoms with Gasteiger partial charge in [0, 0.05) is 12.3 Å². The SMILES string of the molecule is CC(C)C(N)C(=O)NC(CO)C(=O)NC(CCCCN)C(=O)N1CCCC1C(=O)NC(CC(=O)O)C(=O)NC(CS)C(=O)O. The molecule has 1 rings (SSSR count). The van der Waals surface area contributed by atoms with E-state index in [2.05, 4.69) is 33.9 Å². The summed E-state index contributed by atoms with van der Waals surface area (Å²) in [6.45, 7) is 3.06. The first-order valence-corrected chi connectivity index (χ1v) is 15.0. The Labute approximate surface area is 260 Å². The molecule has 0 radical (unpaired) electrons. The molecular weight excluding hydrogens is 602 g/mol. The Morgan fingerprint density at radius 3 is 2.00 bits per heavy atom. The molecule has 5 amide bonds. The normalized spacial score (nSPS) is 18.0. The summed E-state index contributed by atoms with van der Waals surface area (Å²) in [5.41, 5.74) is 11.4. The van der Waals surface area contributed by atoms with E-state index in [1.165, 1.54) is 4.90 Å². The van der Waals surface area contributed by atoms with Crippen LogP contribution < -0.4 is 32.7 Å². The first kappa shape index (κ1) is 38.5. The second kappa shape index (κ2) is 19.0. The van der Waals surface area contributed by atoms with Crippen LogP contribution in [0.25, 0.3) is 0 Å². The van der Waals surface area contributed by atoms with Gasteiger partial charge in [-0.05, 0) is 44.6 Å². The van der Waals surface area contributed by atoms with E-state index in [0.29, 0.717) is 25.8 Å². The number of aliphatic hydroxyl groups is 1. The van der Waals surface area contributed by atoms with E-state index in [-0.39, 0.29) is 31.1 Å². The molecule has 0 aromatic carbocycles. The number of aliphatic hydroxyl groups excluding tert-OH is 1. The summed E-state index contributed by atoms with van der Waals surface area (Å²) in [6.07, 6.45) is 0.745. The van der Waals surface area contributed by atoms with Crippen molar-refractivity contribution in [1.82, 2.24) is 26.2 Å². The van der Waals surface area contributed by atoms with Crippen LogP contribution in [-0.2, 0) is 33.6 Å². The number of aliphatic carboxylic acids is 2. The standard InChI is InChI=1S/C26H45N7O10S/c1-13(2)20(28)24(40)31-16(11-34)22(38)29-14(6-3-4-8-27)25(41)33-9-5-7-18(33)23(39)30-15(10-19(35)36)21(37)32-17(12-44)26(42)43/h13-18,20,34,44H,3-12,27-28H2,1-2H3,(H,29,38)(H,30,39)(H,31,40)(H,32,37)(H,35,36)(H,42,43). The number of carbonyl (C=O) groups is 7. The molecule has 1 aliphatic rings. The van der Waals surface area contributed by atoms with Crippen LogP contribution in [0, 0.1) is 5.92 Å². The maximum atomic E-state index is 13.7. The summed E-state index contributed by atoms with van der Waals surface area (Å²) in [6, 6.07) is -7.73. The maximum absolute atomic E-state index is 13.7. The van der Waals surface area contributed by atoms with Gasteiger partial charge in [-0.15, -0.1) is 0 Å². The molecule has 1 heterocycles. The second-order valence-corrected chi connectivity index (χ2v) is 11.2. The lowest BCUT2D eigenvalue weighted by molar-refractivity contribution is -0.145. The fourth-order valence-electron chi connectivity index (χ4n) is 4.40. The van der Waals surface area contributed by atoms with E-state index in [9.17, 15) is 48.9 Å². The van der Waals surface area contributed by atoms with Crippen molar-refractivity contribution in [2.24, 2.45) is 17.4 Å². The first-order chi connectivity index (χ1) is 20.7. The fraction of sp³-hybridized carbons (Fsp3) is 0.731. The van der Waals surface area contributed by atoms with E-state index in [4.69, 9.17) is 11.5 Å². The van der Waals surface area contributed by atoms with Gasteiger partial charge in [0.2, 0.25) is 29.5 Å². The Balaban J connectivity index is 3.12. The van der Waals surface area contributed by atoms with Crippen molar-refractivity contribution < 1.29 is 48.9 Å². The molecule has 0 saturated carbocycles. The smallest absolute Gasteiger partial charge is 0.327 e. The van der Waals surface area contributed by atoms with E-state index < -0.39 is 90.8 Å². The third kappa shape index (κ3) is 11.9. The summed E-state index contributed by atoms with van der Waals surface area (Å²) in [4.78, 5) is 88.8. The summed E-state index contributed by atoms with van der Waals surface area (Å²) >= 11 is 3.85. The number of hydrogen-bond donors (Lipinski definition) is 10. The molecule has 0 spiro atoms. The molecule has 6 unspecified atom stereocenters. The Bertz CT molecular complexity index is 1050. The highest BCUT2D eigenvalue weighted by Gasteiger charge is 2.40. The summed E-state index contributed by atoms with van der Waals surface area (Å²) < 4.78 is 0. The number of nitrogens with zero attached hydrogens (tertiary/aromatic N) is 1. The number of thiol groups is 1. The summed E-state index contributed by atoms with van der Waals surface area (Å²) in [5.74, 6) is -7.44. The average molecular weight is 648 g/mol. The number of rotatable bonds is 19. The third-order valence-corrected chi connectivity index (χ3v) is 7.41. The van der Waals surface area contributed by atoms with Gasteiger partial charge in [-0.2, -0.15) is 12.6 Å². The number of carbonyl (C=O) groups excluding carboxylic acids is 5. The molecule has 0 aromatic heterocycles. The first-order valence-electron chi connectivity index (χ1n) is 14.3. The van der Waals surface area contributed by atoms with E-state index >= 15 is 0 Å². The highest BCUT2D eigenvalue weighted by atomic mass is 32.1. The number of carboxylic acid groups (broad SMARTS) is 2. The minimum Gasteiger partial charge on any atom is -0.481 e. The molecule has 0 aliphatic carbocycles. The highest BCUT2D eigenvalue weighted by molar-refractivity contribution is 7.80. The largest absolute Gasteiger partial charge is 0.481 e. The molecule has 44 heavy (non-hydrogen) atoms. The van der Waals surface area contributed by atoms with Crippen LogP contribution in [-0.4, -0.2) is 123 Å². The summed E-state index contributed by atoms with van der Waals surface area (Å²) in [5, 5.41) is 37.5. The van der Waals surface area contributed by atoms with E-state index in [1.807, 2.05) is 0 Å². The van der Waals surface area contributed by atoms with Crippen molar-refractivity contribution in [2.45, 2.75) is 88.6 Å². The predicted molar refractivity (Wildman–Crippen MR) is 159 cm³/mol. The number of hydrogen-bond acceptors (Lipinski definition) is 11. The average Bonchev–Trinajstić information content (AvgIpc) is 3.46. The van der Waals surface area contributed by atoms with Gasteiger partial charge in [0.1, 0.15) is 30.2 Å². The molecule has 1 saturated heterocycles. The van der Waals surface area contributed by atoms with Crippen LogP contribution in [0.4, 0.5) is 0 Å². The molecular formula is C26H45N7O10S. The van der Waals surface area contributed by atoms with E-state index in [0.717, 1.165) is 0 Å². The van der Waals surface area contributed by atoms with Crippen LogP contribution >= 0.6 is 12.6 Å². The Morgan fingerprint density at radius 2 is 1.48 bits per heavy atom. The van der Waals surface area contributed by atoms with Crippen LogP contribution in [0.5, 0.6) is 0 Å². The van der Waals surface area contributed by atoms with Crippen molar-refractivity contribution in [3.05, 3.63) is 0 Å². The van der Waals surface area contributed by atoms with Crippen LogP contribution in [0.3, 0.4) is 0 Å². The number of nitrogens with two attached hydrogens (primary N) is 2. The molecule has 0 bridgehead atoms. The predicted octanol–water partition coefficient (Wildman–Crippen LogP) is -3.49. The van der Waals surface area contributed by atoms with Crippen LogP contribution in [0.2, 0.25) is 0 Å². The fourth-order valence-corrected chi connectivity index (χ4v) is 4.65. The van der Waals surface area contributed by atoms with Gasteiger partial charge in [0.15, 0.2) is 0 Å². The van der Waals surface area contributed by atoms with E-state index in [1.54, 1.807) is 13.8 Å². The van der Waals surface area contributed by atoms with Gasteiger partial charge < -0.3 is 53.0 Å². The lowest BCUT2D eigenvalue weighted by atomic mass is 10.0. The van der Waals surface area contributed by atoms with Crippen LogP contribution in [0.15, 0.2) is 0 Å². The van der Waals surface area contributed by atoms with Crippen LogP contribution in [0.1, 0.15) is 52.4 Å².